The number of allylic oxidation sites excluding steroid dienone is 2. The minimum atomic E-state index is -5.84. The lowest BCUT2D eigenvalue weighted by atomic mass is 10.1. The number of ether oxygens (including phenoxy) is 1. The van der Waals surface area contributed by atoms with Crippen LogP contribution in [0.1, 0.15) is 25.5 Å². The fraction of sp³-hybridized carbons (Fsp3) is 0.444. The van der Waals surface area contributed by atoms with Crippen LogP contribution < -0.4 is 0 Å². The van der Waals surface area contributed by atoms with Crippen molar-refractivity contribution in [3.8, 4) is 6.07 Å². The second kappa shape index (κ2) is 7.12. The fourth-order valence-corrected chi connectivity index (χ4v) is 3.07. The van der Waals surface area contributed by atoms with Crippen molar-refractivity contribution in [2.75, 3.05) is 0 Å². The zero-order valence-electron chi connectivity index (χ0n) is 14.2. The molecule has 3 nitrogen and oxygen atoms in total. The number of nitrogens with zero attached hydrogens (tertiary/aromatic N) is 1. The summed E-state index contributed by atoms with van der Waals surface area (Å²) < 4.78 is 68.9. The van der Waals surface area contributed by atoms with Crippen LogP contribution in [0.3, 0.4) is 0 Å². The van der Waals surface area contributed by atoms with Gasteiger partial charge in [-0.2, -0.15) is 27.2 Å². The Morgan fingerprint density at radius 3 is 2.30 bits per heavy atom. The monoisotopic (exact) mass is 407 g/mol. The average Bonchev–Trinajstić information content (AvgIpc) is 3.12. The topological polar surface area (TPSA) is 50.1 Å². The van der Waals surface area contributed by atoms with Gasteiger partial charge in [-0.1, -0.05) is 61.9 Å². The van der Waals surface area contributed by atoms with Gasteiger partial charge >= 0.3 is 18.1 Å². The van der Waals surface area contributed by atoms with Crippen LogP contribution >= 0.6 is 11.6 Å². The number of carbonyl (C=O) groups excluding carboxylic acids is 1. The van der Waals surface area contributed by atoms with E-state index < -0.39 is 46.5 Å². The highest BCUT2D eigenvalue weighted by molar-refractivity contribution is 6.30. The molecular weight excluding hydrogens is 393 g/mol. The van der Waals surface area contributed by atoms with Crippen molar-refractivity contribution in [3.05, 3.63) is 47.0 Å². The van der Waals surface area contributed by atoms with Gasteiger partial charge in [0.2, 0.25) is 6.10 Å². The van der Waals surface area contributed by atoms with Gasteiger partial charge in [0, 0.05) is 5.56 Å². The summed E-state index contributed by atoms with van der Waals surface area (Å²) in [7, 11) is 0. The molecule has 0 aromatic heterocycles. The van der Waals surface area contributed by atoms with E-state index in [0.717, 1.165) is 0 Å². The third-order valence-electron chi connectivity index (χ3n) is 4.60. The molecule has 27 heavy (non-hydrogen) atoms. The number of nitriles is 1. The van der Waals surface area contributed by atoms with Crippen molar-refractivity contribution in [3.63, 3.8) is 0 Å². The largest absolute Gasteiger partial charge is 0.459 e. The Kier molecular flexibility index (Phi) is 5.58. The van der Waals surface area contributed by atoms with E-state index in [1.807, 2.05) is 0 Å². The Hall–Kier alpha value is -2.14. The number of hydrogen-bond donors (Lipinski definition) is 0. The van der Waals surface area contributed by atoms with Gasteiger partial charge in [-0.05, 0) is 11.3 Å². The Bertz CT molecular complexity index is 783. The van der Waals surface area contributed by atoms with Crippen molar-refractivity contribution in [2.24, 2.45) is 17.3 Å². The smallest absolute Gasteiger partial charge is 0.442 e. The molecule has 0 saturated heterocycles. The van der Waals surface area contributed by atoms with Crippen LogP contribution in [-0.2, 0) is 9.53 Å². The first-order valence-corrected chi connectivity index (χ1v) is 8.19. The van der Waals surface area contributed by atoms with Gasteiger partial charge in [-0.3, -0.25) is 4.79 Å². The van der Waals surface area contributed by atoms with E-state index >= 15 is 0 Å². The Balaban J connectivity index is 2.17. The molecule has 3 unspecified atom stereocenters. The third-order valence-corrected chi connectivity index (χ3v) is 4.96. The minimum Gasteiger partial charge on any atom is -0.442 e. The molecule has 1 saturated carbocycles. The maximum Gasteiger partial charge on any atom is 0.459 e. The normalized spacial score (nSPS) is 23.3. The summed E-state index contributed by atoms with van der Waals surface area (Å²) in [6.07, 6.45) is -6.51. The van der Waals surface area contributed by atoms with Crippen molar-refractivity contribution in [2.45, 2.75) is 32.1 Å². The quantitative estimate of drug-likeness (QED) is 0.486. The molecule has 146 valence electrons. The van der Waals surface area contributed by atoms with Gasteiger partial charge in [0.25, 0.3) is 0 Å². The molecule has 0 amide bonds. The number of benzene rings is 1. The first-order chi connectivity index (χ1) is 12.3. The number of rotatable bonds is 5. The van der Waals surface area contributed by atoms with E-state index in [9.17, 15) is 32.0 Å². The summed E-state index contributed by atoms with van der Waals surface area (Å²) in [5, 5.41) is 7.49. The Labute approximate surface area is 157 Å². The van der Waals surface area contributed by atoms with E-state index in [0.29, 0.717) is 11.6 Å². The predicted molar refractivity (Wildman–Crippen MR) is 86.6 cm³/mol. The molecule has 1 aliphatic carbocycles. The maximum atomic E-state index is 13.3. The zero-order valence-corrected chi connectivity index (χ0v) is 15.0. The standard InChI is InChI=1S/C18H15ClF5NO2/c1-16(2)11(8-13(19)17(20,21)18(22,23)24)14(16)15(26)27-12(9-25)10-6-4-3-5-7-10/h3-8,11-12,14H,1-2H3. The molecule has 0 radical (unpaired) electrons. The first kappa shape index (κ1) is 21.2. The van der Waals surface area contributed by atoms with Crippen LogP contribution in [-0.4, -0.2) is 18.1 Å². The number of carbonyl (C=O) groups is 1. The van der Waals surface area contributed by atoms with Gasteiger partial charge < -0.3 is 4.74 Å². The van der Waals surface area contributed by atoms with Crippen LogP contribution in [0.4, 0.5) is 22.0 Å². The highest BCUT2D eigenvalue weighted by Gasteiger charge is 2.65. The molecule has 1 fully saturated rings. The molecule has 1 aliphatic rings. The summed E-state index contributed by atoms with van der Waals surface area (Å²) in [4.78, 5) is 12.3. The van der Waals surface area contributed by atoms with Crippen LogP contribution in [0.25, 0.3) is 0 Å². The minimum absolute atomic E-state index is 0.417. The highest BCUT2D eigenvalue weighted by Crippen LogP contribution is 2.61. The second-order valence-electron chi connectivity index (χ2n) is 6.77. The maximum absolute atomic E-state index is 13.3. The van der Waals surface area contributed by atoms with Crippen LogP contribution in [0.5, 0.6) is 0 Å². The molecule has 0 N–H and O–H groups in total. The molecular formula is C18H15ClF5NO2. The van der Waals surface area contributed by atoms with Crippen molar-refractivity contribution in [1.29, 1.82) is 5.26 Å². The van der Waals surface area contributed by atoms with Crippen molar-refractivity contribution >= 4 is 17.6 Å². The molecule has 2 rings (SSSR count). The van der Waals surface area contributed by atoms with Gasteiger partial charge in [0.05, 0.1) is 11.0 Å². The molecule has 1 aromatic carbocycles. The van der Waals surface area contributed by atoms with E-state index in [2.05, 4.69) is 0 Å². The second-order valence-corrected chi connectivity index (χ2v) is 7.18. The summed E-state index contributed by atoms with van der Waals surface area (Å²) in [6.45, 7) is 3.03. The SMILES string of the molecule is CC1(C)C(C=C(Cl)C(F)(F)C(F)(F)F)C1C(=O)OC(C#N)c1ccccc1. The lowest BCUT2D eigenvalue weighted by Crippen LogP contribution is -2.36. The van der Waals surface area contributed by atoms with Crippen molar-refractivity contribution in [1.82, 2.24) is 0 Å². The summed E-state index contributed by atoms with van der Waals surface area (Å²) in [5.74, 6) is -8.03. The molecule has 0 heterocycles. The number of halogens is 6. The Morgan fingerprint density at radius 1 is 1.26 bits per heavy atom. The molecule has 9 heteroatoms. The molecule has 0 bridgehead atoms. The third kappa shape index (κ3) is 4.08. The van der Waals surface area contributed by atoms with Gasteiger partial charge in [-0.25, -0.2) is 0 Å². The number of hydrogen-bond acceptors (Lipinski definition) is 3. The Morgan fingerprint density at radius 2 is 1.81 bits per heavy atom. The van der Waals surface area contributed by atoms with Gasteiger partial charge in [0.15, 0.2) is 0 Å². The van der Waals surface area contributed by atoms with E-state index in [-0.39, 0.29) is 0 Å². The summed E-state index contributed by atoms with van der Waals surface area (Å²) in [6, 6.07) is 9.92. The first-order valence-electron chi connectivity index (χ1n) is 7.81. The van der Waals surface area contributed by atoms with Crippen molar-refractivity contribution < 1.29 is 31.5 Å². The van der Waals surface area contributed by atoms with Crippen LogP contribution in [0, 0.1) is 28.6 Å². The lowest BCUT2D eigenvalue weighted by molar-refractivity contribution is -0.261. The molecule has 0 aliphatic heterocycles. The average molecular weight is 408 g/mol. The fourth-order valence-electron chi connectivity index (χ4n) is 2.82. The summed E-state index contributed by atoms with van der Waals surface area (Å²) in [5.41, 5.74) is -0.518. The highest BCUT2D eigenvalue weighted by atomic mass is 35.5. The molecule has 1 aromatic rings. The van der Waals surface area contributed by atoms with Gasteiger partial charge in [-0.15, -0.1) is 0 Å². The van der Waals surface area contributed by atoms with E-state index in [1.54, 1.807) is 36.4 Å². The zero-order chi connectivity index (χ0) is 20.6. The van der Waals surface area contributed by atoms with E-state index in [4.69, 9.17) is 16.3 Å². The molecule has 3 atom stereocenters. The van der Waals surface area contributed by atoms with Crippen LogP contribution in [0.2, 0.25) is 0 Å². The molecule has 0 spiro atoms. The van der Waals surface area contributed by atoms with E-state index in [1.165, 1.54) is 13.8 Å². The lowest BCUT2D eigenvalue weighted by Gasteiger charge is -2.18. The number of alkyl halides is 5. The van der Waals surface area contributed by atoms with Gasteiger partial charge in [0.1, 0.15) is 6.07 Å². The van der Waals surface area contributed by atoms with Crippen LogP contribution in [0.15, 0.2) is 41.4 Å². The number of esters is 1. The predicted octanol–water partition coefficient (Wildman–Crippen LogP) is 5.39. The summed E-state index contributed by atoms with van der Waals surface area (Å²) >= 11 is 5.20.